The summed E-state index contributed by atoms with van der Waals surface area (Å²) >= 11 is 0. The lowest BCUT2D eigenvalue weighted by Gasteiger charge is -2.34. The Hall–Kier alpha value is -4.69. The van der Waals surface area contributed by atoms with Crippen LogP contribution in [0, 0.1) is 0 Å². The van der Waals surface area contributed by atoms with Crippen LogP contribution in [0.5, 0.6) is 0 Å². The molecule has 0 bridgehead atoms. The van der Waals surface area contributed by atoms with E-state index in [9.17, 15) is 20.1 Å². The fourth-order valence-corrected chi connectivity index (χ4v) is 7.90. The van der Waals surface area contributed by atoms with Crippen molar-refractivity contribution in [1.82, 2.24) is 4.90 Å². The van der Waals surface area contributed by atoms with Crippen molar-refractivity contribution < 1.29 is 20.1 Å². The lowest BCUT2D eigenvalue weighted by molar-refractivity contribution is 0.250. The van der Waals surface area contributed by atoms with E-state index in [1.165, 1.54) is 37.9 Å². The summed E-state index contributed by atoms with van der Waals surface area (Å²) in [6.07, 6.45) is 4.09. The molecule has 0 spiro atoms. The summed E-state index contributed by atoms with van der Waals surface area (Å²) < 4.78 is 0. The van der Waals surface area contributed by atoms with Crippen LogP contribution in [0.4, 0.5) is 5.69 Å². The molecule has 52 heavy (non-hydrogen) atoms. The lowest BCUT2D eigenvalue weighted by atomic mass is 9.77. The van der Waals surface area contributed by atoms with Crippen molar-refractivity contribution in [3.8, 4) is 0 Å². The van der Waals surface area contributed by atoms with Crippen LogP contribution in [0.25, 0.3) is 32.3 Å². The molecule has 0 aromatic heterocycles. The van der Waals surface area contributed by atoms with E-state index >= 15 is 0 Å². The molecule has 7 aromatic carbocycles. The molecule has 0 saturated heterocycles. The molecule has 7 rings (SSSR count). The van der Waals surface area contributed by atoms with Crippen molar-refractivity contribution >= 4 is 63.2 Å². The van der Waals surface area contributed by atoms with Gasteiger partial charge in [-0.15, -0.1) is 0 Å². The molecule has 1 atom stereocenters. The second kappa shape index (κ2) is 16.3. The summed E-state index contributed by atoms with van der Waals surface area (Å²) in [7, 11) is -3.04. The van der Waals surface area contributed by atoms with Crippen LogP contribution in [0.15, 0.2) is 133 Å². The fraction of sp³-hybridized carbons (Fsp3) is 0.227. The van der Waals surface area contributed by atoms with E-state index in [1.807, 2.05) is 42.5 Å². The highest BCUT2D eigenvalue weighted by molar-refractivity contribution is 6.59. The Kier molecular flexibility index (Phi) is 11.2. The molecule has 4 N–H and O–H groups in total. The molecule has 7 aromatic rings. The Morgan fingerprint density at radius 2 is 1.10 bits per heavy atom. The summed E-state index contributed by atoms with van der Waals surface area (Å²) in [4.78, 5) is 4.85. The number of benzene rings is 7. The van der Waals surface area contributed by atoms with Crippen molar-refractivity contribution in [2.45, 2.75) is 58.3 Å². The van der Waals surface area contributed by atoms with E-state index in [-0.39, 0.29) is 6.04 Å². The highest BCUT2D eigenvalue weighted by Crippen LogP contribution is 2.40. The first-order chi connectivity index (χ1) is 25.4. The summed E-state index contributed by atoms with van der Waals surface area (Å²) in [6.45, 7) is 5.15. The van der Waals surface area contributed by atoms with E-state index in [2.05, 4.69) is 95.6 Å². The fourth-order valence-electron chi connectivity index (χ4n) is 7.90. The van der Waals surface area contributed by atoms with Gasteiger partial charge in [-0.05, 0) is 86.9 Å². The van der Waals surface area contributed by atoms with Gasteiger partial charge in [0.2, 0.25) is 0 Å². The van der Waals surface area contributed by atoms with Crippen LogP contribution >= 0.6 is 0 Å². The highest BCUT2D eigenvalue weighted by atomic mass is 16.4. The Morgan fingerprint density at radius 3 is 1.77 bits per heavy atom. The summed E-state index contributed by atoms with van der Waals surface area (Å²) in [6, 6.07) is 45.7. The summed E-state index contributed by atoms with van der Waals surface area (Å²) in [5.74, 6) is 0. The molecule has 8 heteroatoms. The van der Waals surface area contributed by atoms with Crippen LogP contribution in [0.3, 0.4) is 0 Å². The van der Waals surface area contributed by atoms with Gasteiger partial charge in [0.1, 0.15) is 0 Å². The first-order valence-corrected chi connectivity index (χ1v) is 18.4. The van der Waals surface area contributed by atoms with Crippen molar-refractivity contribution in [2.75, 3.05) is 11.4 Å². The van der Waals surface area contributed by atoms with Gasteiger partial charge in [0.05, 0.1) is 0 Å². The SMILES string of the molecule is CC(CCCCCN(Cc1ccccc1)Cc1ccccc1B(O)O)N(Cc1ccccc1B(O)O)c1ccc2ccc3cccc4ccc1c2c34. The van der Waals surface area contributed by atoms with E-state index in [4.69, 9.17) is 0 Å². The van der Waals surface area contributed by atoms with E-state index in [0.717, 1.165) is 55.6 Å². The van der Waals surface area contributed by atoms with Crippen molar-refractivity contribution in [2.24, 2.45) is 0 Å². The van der Waals surface area contributed by atoms with Crippen LogP contribution in [0.2, 0.25) is 0 Å². The second-order valence-electron chi connectivity index (χ2n) is 14.1. The normalized spacial score (nSPS) is 12.3. The second-order valence-corrected chi connectivity index (χ2v) is 14.1. The smallest absolute Gasteiger partial charge is 0.423 e. The Labute approximate surface area is 307 Å². The quantitative estimate of drug-likeness (QED) is 0.0520. The number of rotatable bonds is 16. The zero-order chi connectivity index (χ0) is 36.0. The minimum absolute atomic E-state index is 0.181. The largest absolute Gasteiger partial charge is 0.488 e. The van der Waals surface area contributed by atoms with Gasteiger partial charge in [0, 0.05) is 36.7 Å². The van der Waals surface area contributed by atoms with Gasteiger partial charge < -0.3 is 25.0 Å². The maximum absolute atomic E-state index is 10.3. The molecule has 0 aliphatic rings. The molecule has 0 radical (unpaired) electrons. The van der Waals surface area contributed by atoms with E-state index < -0.39 is 14.2 Å². The van der Waals surface area contributed by atoms with Crippen molar-refractivity contribution in [1.29, 1.82) is 0 Å². The average molecular weight is 688 g/mol. The number of nitrogens with zero attached hydrogens (tertiary/aromatic N) is 2. The van der Waals surface area contributed by atoms with Gasteiger partial charge in [0.15, 0.2) is 0 Å². The average Bonchev–Trinajstić information content (AvgIpc) is 3.16. The molecular weight excluding hydrogens is 642 g/mol. The molecule has 1 unspecified atom stereocenters. The van der Waals surface area contributed by atoms with Crippen molar-refractivity contribution in [3.63, 3.8) is 0 Å². The highest BCUT2D eigenvalue weighted by Gasteiger charge is 2.23. The van der Waals surface area contributed by atoms with E-state index in [0.29, 0.717) is 24.0 Å². The molecule has 0 heterocycles. The lowest BCUT2D eigenvalue weighted by Crippen LogP contribution is -2.38. The van der Waals surface area contributed by atoms with Gasteiger partial charge in [-0.2, -0.15) is 0 Å². The molecule has 0 aliphatic carbocycles. The minimum Gasteiger partial charge on any atom is -0.423 e. The zero-order valence-electron chi connectivity index (χ0n) is 29.8. The predicted molar refractivity (Wildman–Crippen MR) is 217 cm³/mol. The Balaban J connectivity index is 1.11. The number of unbranched alkanes of at least 4 members (excludes halogenated alkanes) is 2. The third-order valence-electron chi connectivity index (χ3n) is 10.6. The first-order valence-electron chi connectivity index (χ1n) is 18.4. The number of hydrogen-bond acceptors (Lipinski definition) is 6. The minimum atomic E-state index is -1.54. The third kappa shape index (κ3) is 7.87. The van der Waals surface area contributed by atoms with Gasteiger partial charge in [-0.3, -0.25) is 4.90 Å². The summed E-state index contributed by atoms with van der Waals surface area (Å²) in [5.41, 5.74) is 5.30. The standard InChI is InChI=1S/C44H46B2N2O4/c1-32(13-4-3-11-28-47(29-33-14-5-2-6-15-33)30-37-16-7-9-20-40(37)45(49)50)48(31-38-17-8-10-21-41(38)46(51)52)42-27-25-36-23-22-34-18-12-19-35-24-26-39(42)44(36)43(34)35/h2,5-10,12,14-27,32,49-52H,3-4,11,13,28-31H2,1H3. The van der Waals surface area contributed by atoms with Crippen LogP contribution in [-0.2, 0) is 19.6 Å². The third-order valence-corrected chi connectivity index (χ3v) is 10.6. The maximum Gasteiger partial charge on any atom is 0.488 e. The van der Waals surface area contributed by atoms with Gasteiger partial charge in [-0.25, -0.2) is 0 Å². The first kappa shape index (κ1) is 35.7. The molecule has 0 fully saturated rings. The van der Waals surface area contributed by atoms with Crippen LogP contribution in [-0.4, -0.2) is 51.8 Å². The number of hydrogen-bond donors (Lipinski definition) is 4. The molecule has 0 aliphatic heterocycles. The summed E-state index contributed by atoms with van der Waals surface area (Å²) in [5, 5.41) is 48.0. The maximum atomic E-state index is 10.3. The molecule has 6 nitrogen and oxygen atoms in total. The molecule has 0 saturated carbocycles. The van der Waals surface area contributed by atoms with Gasteiger partial charge >= 0.3 is 14.2 Å². The predicted octanol–water partition coefficient (Wildman–Crippen LogP) is 6.60. The Morgan fingerprint density at radius 1 is 0.519 bits per heavy atom. The molecule has 262 valence electrons. The van der Waals surface area contributed by atoms with E-state index in [1.54, 1.807) is 12.1 Å². The monoisotopic (exact) mass is 688 g/mol. The molecule has 0 amide bonds. The van der Waals surface area contributed by atoms with Gasteiger partial charge in [0.25, 0.3) is 0 Å². The zero-order valence-corrected chi connectivity index (χ0v) is 29.8. The van der Waals surface area contributed by atoms with Crippen LogP contribution in [0.1, 0.15) is 49.3 Å². The number of anilines is 1. The Bertz CT molecular complexity index is 2210. The molecular formula is C44H46B2N2O4. The van der Waals surface area contributed by atoms with Gasteiger partial charge in [-0.1, -0.05) is 140 Å². The topological polar surface area (TPSA) is 87.4 Å². The van der Waals surface area contributed by atoms with Crippen molar-refractivity contribution in [3.05, 3.63) is 150 Å². The van der Waals surface area contributed by atoms with Crippen LogP contribution < -0.4 is 15.8 Å².